The number of benzene rings is 1. The number of nitrogens with two attached hydrogens (primary N) is 1. The summed E-state index contributed by atoms with van der Waals surface area (Å²) in [5.74, 6) is 0.877. The van der Waals surface area contributed by atoms with Gasteiger partial charge in [-0.05, 0) is 13.1 Å². The molecule has 18 heavy (non-hydrogen) atoms. The lowest BCUT2D eigenvalue weighted by molar-refractivity contribution is 0.333. The third-order valence-electron chi connectivity index (χ3n) is 2.60. The van der Waals surface area contributed by atoms with Gasteiger partial charge in [-0.15, -0.1) is 0 Å². The van der Waals surface area contributed by atoms with Crippen molar-refractivity contribution in [3.8, 4) is 5.75 Å². The number of anilines is 1. The van der Waals surface area contributed by atoms with Gasteiger partial charge >= 0.3 is 0 Å². The van der Waals surface area contributed by atoms with Crippen molar-refractivity contribution in [3.63, 3.8) is 0 Å². The molecule has 1 aromatic rings. The van der Waals surface area contributed by atoms with Crippen molar-refractivity contribution in [3.05, 3.63) is 23.8 Å². The third kappa shape index (κ3) is 4.93. The van der Waals surface area contributed by atoms with Crippen LogP contribution in [-0.4, -0.2) is 46.0 Å². The van der Waals surface area contributed by atoms with E-state index in [-0.39, 0.29) is 5.75 Å². The third-order valence-corrected chi connectivity index (χ3v) is 3.52. The van der Waals surface area contributed by atoms with Crippen LogP contribution in [0.4, 0.5) is 5.69 Å². The van der Waals surface area contributed by atoms with Gasteiger partial charge in [-0.3, -0.25) is 0 Å². The Hall–Kier alpha value is -1.27. The van der Waals surface area contributed by atoms with Crippen molar-refractivity contribution in [2.24, 2.45) is 0 Å². The van der Waals surface area contributed by atoms with Crippen LogP contribution in [0.3, 0.4) is 0 Å². The number of sulfone groups is 1. The van der Waals surface area contributed by atoms with E-state index in [1.54, 1.807) is 13.2 Å². The largest absolute Gasteiger partial charge is 0.496 e. The lowest BCUT2D eigenvalue weighted by Crippen LogP contribution is -2.25. The lowest BCUT2D eigenvalue weighted by Gasteiger charge is -2.18. The molecule has 0 unspecified atom stereocenters. The average molecular weight is 272 g/mol. The molecule has 0 heterocycles. The highest BCUT2D eigenvalue weighted by molar-refractivity contribution is 7.90. The fraction of sp³-hybridized carbons (Fsp3) is 0.500. The first-order valence-corrected chi connectivity index (χ1v) is 7.66. The second kappa shape index (κ2) is 6.06. The van der Waals surface area contributed by atoms with Crippen molar-refractivity contribution < 1.29 is 13.2 Å². The Labute approximate surface area is 108 Å². The summed E-state index contributed by atoms with van der Waals surface area (Å²) in [4.78, 5) is 1.94. The summed E-state index contributed by atoms with van der Waals surface area (Å²) in [5, 5.41) is 0. The molecule has 6 heteroatoms. The molecule has 0 atom stereocenters. The predicted molar refractivity (Wildman–Crippen MR) is 73.5 cm³/mol. The zero-order valence-electron chi connectivity index (χ0n) is 11.0. The standard InChI is InChI=1S/C12H20N2O3S/c1-14(6-7-18(3,15)16)9-10-4-5-11(13)8-12(10)17-2/h4-5,8H,6-7,9,13H2,1-3H3. The summed E-state index contributed by atoms with van der Waals surface area (Å²) >= 11 is 0. The number of hydrogen-bond acceptors (Lipinski definition) is 5. The highest BCUT2D eigenvalue weighted by Crippen LogP contribution is 2.22. The first-order valence-electron chi connectivity index (χ1n) is 5.60. The zero-order valence-corrected chi connectivity index (χ0v) is 11.8. The molecule has 0 spiro atoms. The van der Waals surface area contributed by atoms with E-state index < -0.39 is 9.84 Å². The summed E-state index contributed by atoms with van der Waals surface area (Å²) < 4.78 is 27.4. The summed E-state index contributed by atoms with van der Waals surface area (Å²) in [6.07, 6.45) is 1.24. The summed E-state index contributed by atoms with van der Waals surface area (Å²) in [5.41, 5.74) is 7.31. The first-order chi connectivity index (χ1) is 8.31. The maximum Gasteiger partial charge on any atom is 0.148 e. The molecule has 0 radical (unpaired) electrons. The number of ether oxygens (including phenoxy) is 1. The van der Waals surface area contributed by atoms with Gasteiger partial charge < -0.3 is 15.4 Å². The molecule has 1 rings (SSSR count). The van der Waals surface area contributed by atoms with Crippen molar-refractivity contribution in [1.82, 2.24) is 4.90 Å². The van der Waals surface area contributed by atoms with Crippen molar-refractivity contribution >= 4 is 15.5 Å². The lowest BCUT2D eigenvalue weighted by atomic mass is 10.1. The molecule has 5 nitrogen and oxygen atoms in total. The quantitative estimate of drug-likeness (QED) is 0.774. The van der Waals surface area contributed by atoms with Gasteiger partial charge in [0, 0.05) is 36.7 Å². The minimum atomic E-state index is -2.93. The van der Waals surface area contributed by atoms with E-state index in [4.69, 9.17) is 10.5 Å². The predicted octanol–water partition coefficient (Wildman–Crippen LogP) is 0.754. The molecule has 0 fully saturated rings. The van der Waals surface area contributed by atoms with Gasteiger partial charge in [-0.2, -0.15) is 0 Å². The SMILES string of the molecule is COc1cc(N)ccc1CN(C)CCS(C)(=O)=O. The Morgan fingerprint density at radius 2 is 2.06 bits per heavy atom. The molecule has 0 saturated heterocycles. The second-order valence-corrected chi connectivity index (χ2v) is 6.70. The Morgan fingerprint density at radius 1 is 1.39 bits per heavy atom. The molecular formula is C12H20N2O3S. The number of hydrogen-bond donors (Lipinski definition) is 1. The first kappa shape index (κ1) is 14.8. The van der Waals surface area contributed by atoms with Gasteiger partial charge in [0.2, 0.25) is 0 Å². The molecule has 102 valence electrons. The second-order valence-electron chi connectivity index (χ2n) is 4.44. The van der Waals surface area contributed by atoms with E-state index in [1.807, 2.05) is 24.1 Å². The van der Waals surface area contributed by atoms with Crippen molar-refractivity contribution in [1.29, 1.82) is 0 Å². The van der Waals surface area contributed by atoms with Crippen LogP contribution in [0.5, 0.6) is 5.75 Å². The monoisotopic (exact) mass is 272 g/mol. The van der Waals surface area contributed by atoms with Crippen LogP contribution in [0.15, 0.2) is 18.2 Å². The van der Waals surface area contributed by atoms with Gasteiger partial charge in [0.25, 0.3) is 0 Å². The molecule has 0 aromatic heterocycles. The maximum atomic E-state index is 11.1. The maximum absolute atomic E-state index is 11.1. The molecule has 1 aromatic carbocycles. The van der Waals surface area contributed by atoms with Gasteiger partial charge in [-0.1, -0.05) is 6.07 Å². The van der Waals surface area contributed by atoms with E-state index >= 15 is 0 Å². The van der Waals surface area contributed by atoms with E-state index in [1.165, 1.54) is 6.26 Å². The number of methoxy groups -OCH3 is 1. The van der Waals surface area contributed by atoms with Gasteiger partial charge in [-0.25, -0.2) is 8.42 Å². The number of nitrogens with zero attached hydrogens (tertiary/aromatic N) is 1. The van der Waals surface area contributed by atoms with E-state index in [9.17, 15) is 8.42 Å². The fourth-order valence-corrected chi connectivity index (χ4v) is 2.23. The van der Waals surface area contributed by atoms with Gasteiger partial charge in [0.15, 0.2) is 0 Å². The average Bonchev–Trinajstić information content (AvgIpc) is 2.28. The molecule has 0 aliphatic heterocycles. The van der Waals surface area contributed by atoms with Crippen LogP contribution in [-0.2, 0) is 16.4 Å². The Bertz CT molecular complexity index is 500. The van der Waals surface area contributed by atoms with Crippen molar-refractivity contribution in [2.45, 2.75) is 6.54 Å². The van der Waals surface area contributed by atoms with E-state index in [0.29, 0.717) is 18.8 Å². The molecule has 2 N–H and O–H groups in total. The van der Waals surface area contributed by atoms with Crippen LogP contribution in [0.1, 0.15) is 5.56 Å². The Balaban J connectivity index is 2.67. The van der Waals surface area contributed by atoms with Crippen LogP contribution < -0.4 is 10.5 Å². The Morgan fingerprint density at radius 3 is 2.61 bits per heavy atom. The highest BCUT2D eigenvalue weighted by atomic mass is 32.2. The van der Waals surface area contributed by atoms with Crippen LogP contribution in [0, 0.1) is 0 Å². The summed E-state index contributed by atoms with van der Waals surface area (Å²) in [7, 11) is 0.541. The summed E-state index contributed by atoms with van der Waals surface area (Å²) in [6.45, 7) is 1.12. The van der Waals surface area contributed by atoms with Crippen LogP contribution >= 0.6 is 0 Å². The van der Waals surface area contributed by atoms with Crippen LogP contribution in [0.25, 0.3) is 0 Å². The van der Waals surface area contributed by atoms with E-state index in [0.717, 1.165) is 11.3 Å². The Kier molecular flexibility index (Phi) is 4.98. The minimum Gasteiger partial charge on any atom is -0.496 e. The van der Waals surface area contributed by atoms with E-state index in [2.05, 4.69) is 0 Å². The number of rotatable bonds is 6. The molecular weight excluding hydrogens is 252 g/mol. The molecule has 0 saturated carbocycles. The van der Waals surface area contributed by atoms with Crippen molar-refractivity contribution in [2.75, 3.05) is 38.4 Å². The fourth-order valence-electron chi connectivity index (χ4n) is 1.58. The minimum absolute atomic E-state index is 0.154. The normalized spacial score (nSPS) is 11.8. The molecule has 0 aliphatic rings. The van der Waals surface area contributed by atoms with Crippen LogP contribution in [0.2, 0.25) is 0 Å². The summed E-state index contributed by atoms with van der Waals surface area (Å²) in [6, 6.07) is 5.47. The molecule has 0 aliphatic carbocycles. The van der Waals surface area contributed by atoms with Gasteiger partial charge in [0.1, 0.15) is 15.6 Å². The zero-order chi connectivity index (χ0) is 13.8. The molecule has 0 amide bonds. The number of nitrogen functional groups attached to an aromatic ring is 1. The molecule has 0 bridgehead atoms. The highest BCUT2D eigenvalue weighted by Gasteiger charge is 2.09. The smallest absolute Gasteiger partial charge is 0.148 e. The topological polar surface area (TPSA) is 72.6 Å². The van der Waals surface area contributed by atoms with Gasteiger partial charge in [0.05, 0.1) is 12.9 Å².